The Labute approximate surface area is 113 Å². The minimum atomic E-state index is -0.471. The van der Waals surface area contributed by atoms with Crippen LogP contribution in [-0.4, -0.2) is 11.6 Å². The molecule has 2 nitrogen and oxygen atoms in total. The molecule has 0 saturated heterocycles. The fourth-order valence-electron chi connectivity index (χ4n) is 3.75. The van der Waals surface area contributed by atoms with Crippen LogP contribution in [0.4, 0.5) is 0 Å². The molecular formula is C17H18O2. The molecule has 1 unspecified atom stereocenters. The van der Waals surface area contributed by atoms with Crippen molar-refractivity contribution in [2.75, 3.05) is 0 Å². The zero-order chi connectivity index (χ0) is 13.8. The lowest BCUT2D eigenvalue weighted by Crippen LogP contribution is -2.37. The van der Waals surface area contributed by atoms with E-state index in [1.54, 1.807) is 0 Å². The van der Waals surface area contributed by atoms with Crippen molar-refractivity contribution in [3.05, 3.63) is 41.0 Å². The van der Waals surface area contributed by atoms with Gasteiger partial charge in [-0.05, 0) is 36.0 Å². The van der Waals surface area contributed by atoms with Gasteiger partial charge in [-0.15, -0.1) is 0 Å². The van der Waals surface area contributed by atoms with Gasteiger partial charge < -0.3 is 0 Å². The second-order valence-corrected chi connectivity index (χ2v) is 5.92. The highest BCUT2D eigenvalue weighted by Gasteiger charge is 2.54. The smallest absolute Gasteiger partial charge is 0.174 e. The largest absolute Gasteiger partial charge is 0.295 e. The van der Waals surface area contributed by atoms with Crippen molar-refractivity contribution < 1.29 is 9.59 Å². The first kappa shape index (κ1) is 12.3. The average molecular weight is 254 g/mol. The SMILES string of the molecule is CC1=C2c3ccccc3C(=O)C2(C(C)C)CCC1=O. The summed E-state index contributed by atoms with van der Waals surface area (Å²) in [6.07, 6.45) is 1.15. The van der Waals surface area contributed by atoms with Gasteiger partial charge in [-0.1, -0.05) is 38.1 Å². The molecule has 0 saturated carbocycles. The fourth-order valence-corrected chi connectivity index (χ4v) is 3.75. The summed E-state index contributed by atoms with van der Waals surface area (Å²) in [6, 6.07) is 7.72. The fraction of sp³-hybridized carbons (Fsp3) is 0.412. The standard InChI is InChI=1S/C17H18O2/c1-10(2)17-9-8-14(18)11(3)15(17)12-6-4-5-7-13(12)16(17)19/h4-7,10H,8-9H2,1-3H3. The second-order valence-electron chi connectivity index (χ2n) is 5.92. The number of carbonyl (C=O) groups excluding carboxylic acids is 2. The van der Waals surface area contributed by atoms with Crippen LogP contribution in [0.15, 0.2) is 29.8 Å². The molecule has 1 atom stereocenters. The molecule has 1 aromatic rings. The first-order valence-corrected chi connectivity index (χ1v) is 6.89. The molecule has 98 valence electrons. The van der Waals surface area contributed by atoms with Crippen LogP contribution >= 0.6 is 0 Å². The number of allylic oxidation sites excluding steroid dienone is 2. The number of carbonyl (C=O) groups is 2. The van der Waals surface area contributed by atoms with E-state index in [1.165, 1.54) is 0 Å². The van der Waals surface area contributed by atoms with Gasteiger partial charge in [0.2, 0.25) is 0 Å². The Morgan fingerprint density at radius 3 is 2.37 bits per heavy atom. The highest BCUT2D eigenvalue weighted by molar-refractivity contribution is 6.22. The van der Waals surface area contributed by atoms with Gasteiger partial charge in [0, 0.05) is 12.0 Å². The molecule has 0 aromatic heterocycles. The Balaban J connectivity index is 2.38. The Hall–Kier alpha value is -1.70. The van der Waals surface area contributed by atoms with E-state index in [0.717, 1.165) is 22.3 Å². The predicted octanol–water partition coefficient (Wildman–Crippen LogP) is 3.66. The highest BCUT2D eigenvalue weighted by atomic mass is 16.1. The lowest BCUT2D eigenvalue weighted by atomic mass is 9.63. The normalized spacial score (nSPS) is 25.9. The maximum absolute atomic E-state index is 12.9. The van der Waals surface area contributed by atoms with Crippen LogP contribution in [0.25, 0.3) is 5.57 Å². The molecule has 2 heteroatoms. The van der Waals surface area contributed by atoms with E-state index in [9.17, 15) is 9.59 Å². The average Bonchev–Trinajstić information content (AvgIpc) is 2.66. The third-order valence-corrected chi connectivity index (χ3v) is 4.82. The molecule has 3 rings (SSSR count). The van der Waals surface area contributed by atoms with Gasteiger partial charge in [-0.25, -0.2) is 0 Å². The van der Waals surface area contributed by atoms with Gasteiger partial charge in [-0.3, -0.25) is 9.59 Å². The van der Waals surface area contributed by atoms with Gasteiger partial charge in [0.1, 0.15) is 0 Å². The molecule has 2 aliphatic carbocycles. The first-order chi connectivity index (χ1) is 9.00. The van der Waals surface area contributed by atoms with E-state index < -0.39 is 5.41 Å². The first-order valence-electron chi connectivity index (χ1n) is 6.89. The summed E-state index contributed by atoms with van der Waals surface area (Å²) in [5, 5.41) is 0. The third kappa shape index (κ3) is 1.37. The number of fused-ring (bicyclic) bond motifs is 3. The maximum atomic E-state index is 12.9. The minimum Gasteiger partial charge on any atom is -0.295 e. The molecule has 0 aliphatic heterocycles. The number of benzene rings is 1. The summed E-state index contributed by atoms with van der Waals surface area (Å²) >= 11 is 0. The lowest BCUT2D eigenvalue weighted by Gasteiger charge is -2.37. The van der Waals surface area contributed by atoms with Crippen LogP contribution in [0.2, 0.25) is 0 Å². The van der Waals surface area contributed by atoms with Crippen molar-refractivity contribution in [3.8, 4) is 0 Å². The van der Waals surface area contributed by atoms with Gasteiger partial charge in [0.15, 0.2) is 11.6 Å². The zero-order valence-corrected chi connectivity index (χ0v) is 11.6. The molecule has 0 bridgehead atoms. The molecule has 0 spiro atoms. The van der Waals surface area contributed by atoms with Crippen molar-refractivity contribution in [2.24, 2.45) is 11.3 Å². The van der Waals surface area contributed by atoms with E-state index in [4.69, 9.17) is 0 Å². The molecule has 19 heavy (non-hydrogen) atoms. The number of hydrogen-bond acceptors (Lipinski definition) is 2. The summed E-state index contributed by atoms with van der Waals surface area (Å²) in [5.41, 5.74) is 3.09. The molecule has 0 heterocycles. The second kappa shape index (κ2) is 3.89. The molecule has 1 aromatic carbocycles. The van der Waals surface area contributed by atoms with Crippen LogP contribution in [-0.2, 0) is 4.79 Å². The Kier molecular flexibility index (Phi) is 2.53. The topological polar surface area (TPSA) is 34.1 Å². The monoisotopic (exact) mass is 254 g/mol. The van der Waals surface area contributed by atoms with Crippen molar-refractivity contribution in [1.29, 1.82) is 0 Å². The summed E-state index contributed by atoms with van der Waals surface area (Å²) in [5.74, 6) is 0.612. The van der Waals surface area contributed by atoms with E-state index in [-0.39, 0.29) is 17.5 Å². The minimum absolute atomic E-state index is 0.191. The molecule has 0 radical (unpaired) electrons. The van der Waals surface area contributed by atoms with E-state index in [2.05, 4.69) is 13.8 Å². The number of hydrogen-bond donors (Lipinski definition) is 0. The van der Waals surface area contributed by atoms with E-state index in [0.29, 0.717) is 12.8 Å². The van der Waals surface area contributed by atoms with Crippen LogP contribution in [0.1, 0.15) is 49.5 Å². The summed E-state index contributed by atoms with van der Waals surface area (Å²) in [6.45, 7) is 6.06. The quantitative estimate of drug-likeness (QED) is 0.766. The number of Topliss-reactive ketones (excluding diaryl/α,β-unsaturated/α-hetero) is 2. The van der Waals surface area contributed by atoms with Crippen molar-refractivity contribution in [1.82, 2.24) is 0 Å². The molecule has 2 aliphatic rings. The van der Waals surface area contributed by atoms with Crippen LogP contribution < -0.4 is 0 Å². The summed E-state index contributed by atoms with van der Waals surface area (Å²) in [4.78, 5) is 24.9. The molecule has 0 fully saturated rings. The van der Waals surface area contributed by atoms with Crippen LogP contribution in [0.3, 0.4) is 0 Å². The third-order valence-electron chi connectivity index (χ3n) is 4.82. The Bertz CT molecular complexity index is 622. The molecular weight excluding hydrogens is 236 g/mol. The number of rotatable bonds is 1. The van der Waals surface area contributed by atoms with Gasteiger partial charge in [-0.2, -0.15) is 0 Å². The predicted molar refractivity (Wildman–Crippen MR) is 74.9 cm³/mol. The van der Waals surface area contributed by atoms with Crippen molar-refractivity contribution in [2.45, 2.75) is 33.6 Å². The number of ketones is 2. The van der Waals surface area contributed by atoms with E-state index >= 15 is 0 Å². The summed E-state index contributed by atoms with van der Waals surface area (Å²) in [7, 11) is 0. The maximum Gasteiger partial charge on any atom is 0.174 e. The van der Waals surface area contributed by atoms with Crippen LogP contribution in [0.5, 0.6) is 0 Å². The van der Waals surface area contributed by atoms with Crippen molar-refractivity contribution >= 4 is 17.1 Å². The van der Waals surface area contributed by atoms with Gasteiger partial charge in [0.25, 0.3) is 0 Å². The molecule has 0 amide bonds. The molecule has 0 N–H and O–H groups in total. The van der Waals surface area contributed by atoms with E-state index in [1.807, 2.05) is 31.2 Å². The lowest BCUT2D eigenvalue weighted by molar-refractivity contribution is -0.116. The van der Waals surface area contributed by atoms with Gasteiger partial charge in [0.05, 0.1) is 5.41 Å². The highest BCUT2D eigenvalue weighted by Crippen LogP contribution is 2.57. The van der Waals surface area contributed by atoms with Gasteiger partial charge >= 0.3 is 0 Å². The van der Waals surface area contributed by atoms with Crippen LogP contribution in [0, 0.1) is 11.3 Å². The Morgan fingerprint density at radius 1 is 1.11 bits per heavy atom. The Morgan fingerprint density at radius 2 is 1.74 bits per heavy atom. The summed E-state index contributed by atoms with van der Waals surface area (Å²) < 4.78 is 0. The van der Waals surface area contributed by atoms with Crippen molar-refractivity contribution in [3.63, 3.8) is 0 Å². The zero-order valence-electron chi connectivity index (χ0n) is 11.6.